The fourth-order valence-electron chi connectivity index (χ4n) is 1.57. The van der Waals surface area contributed by atoms with Crippen LogP contribution < -0.4 is 4.74 Å². The van der Waals surface area contributed by atoms with Crippen molar-refractivity contribution in [1.82, 2.24) is 0 Å². The van der Waals surface area contributed by atoms with E-state index in [9.17, 15) is 18.5 Å². The van der Waals surface area contributed by atoms with Crippen LogP contribution in [0.1, 0.15) is 0 Å². The van der Waals surface area contributed by atoms with Crippen LogP contribution >= 0.6 is 0 Å². The van der Waals surface area contributed by atoms with Gasteiger partial charge in [-0.1, -0.05) is 30.0 Å². The molecule has 2 rings (SSSR count). The van der Waals surface area contributed by atoms with Gasteiger partial charge in [0.2, 0.25) is 0 Å². The number of non-ortho nitro benzene ring substituents is 1. The topological polar surface area (TPSA) is 101 Å². The molecule has 0 aromatic heterocycles. The molecule has 0 aliphatic carbocycles. The van der Waals surface area contributed by atoms with Gasteiger partial charge in [0.25, 0.3) is 5.69 Å². The standard InChI is InChI=1S/C13H11N2O5S.Ag/c1-21(18,19)14-12-8-7-10(15(16)17)9-13(12)20-11-5-3-2-4-6-11;/h2-9H,1H3;/q-1;+1. The number of benzene rings is 2. The molecule has 0 saturated heterocycles. The fraction of sp³-hybridized carbons (Fsp3) is 0.0769. The van der Waals surface area contributed by atoms with E-state index >= 15 is 0 Å². The number of nitrogens with zero attached hydrogens (tertiary/aromatic N) is 2. The van der Waals surface area contributed by atoms with Crippen LogP contribution in [0.5, 0.6) is 11.5 Å². The van der Waals surface area contributed by atoms with Gasteiger partial charge >= 0.3 is 22.4 Å². The van der Waals surface area contributed by atoms with Crippen molar-refractivity contribution >= 4 is 21.4 Å². The van der Waals surface area contributed by atoms with Gasteiger partial charge in [0.15, 0.2) is 0 Å². The SMILES string of the molecule is CS(=O)(=O)[N-]c1ccc([N+](=O)[O-])cc1Oc1ccccc1.[Ag+]. The molecule has 7 nitrogen and oxygen atoms in total. The van der Waals surface area contributed by atoms with Crippen LogP contribution in [0, 0.1) is 10.1 Å². The van der Waals surface area contributed by atoms with E-state index in [1.54, 1.807) is 30.3 Å². The Morgan fingerprint density at radius 3 is 2.32 bits per heavy atom. The molecule has 22 heavy (non-hydrogen) atoms. The Morgan fingerprint density at radius 2 is 1.77 bits per heavy atom. The first-order valence-electron chi connectivity index (χ1n) is 5.79. The zero-order valence-corrected chi connectivity index (χ0v) is 13.6. The number of hydrogen-bond acceptors (Lipinski definition) is 5. The van der Waals surface area contributed by atoms with E-state index in [0.29, 0.717) is 5.75 Å². The minimum atomic E-state index is -3.65. The van der Waals surface area contributed by atoms with E-state index in [-0.39, 0.29) is 39.5 Å². The summed E-state index contributed by atoms with van der Waals surface area (Å²) in [5.74, 6) is 0.420. The van der Waals surface area contributed by atoms with Crippen LogP contribution in [0.4, 0.5) is 11.4 Å². The van der Waals surface area contributed by atoms with Gasteiger partial charge in [0.1, 0.15) is 11.5 Å². The Kier molecular flexibility index (Phi) is 6.12. The molecule has 0 bridgehead atoms. The molecule has 0 aliphatic heterocycles. The van der Waals surface area contributed by atoms with Crippen molar-refractivity contribution in [2.24, 2.45) is 0 Å². The molecule has 0 radical (unpaired) electrons. The maximum absolute atomic E-state index is 11.3. The molecular formula is C13H11AgN2O5S. The summed E-state index contributed by atoms with van der Waals surface area (Å²) >= 11 is 0. The number of rotatable bonds is 5. The average Bonchev–Trinajstić information content (AvgIpc) is 2.40. The molecule has 0 saturated carbocycles. The predicted octanol–water partition coefficient (Wildman–Crippen LogP) is 3.35. The molecule has 0 atom stereocenters. The Balaban J connectivity index is 0.00000242. The quantitative estimate of drug-likeness (QED) is 0.424. The fourth-order valence-corrected chi connectivity index (χ4v) is 2.08. The van der Waals surface area contributed by atoms with E-state index in [1.165, 1.54) is 12.1 Å². The third-order valence-corrected chi connectivity index (χ3v) is 2.92. The van der Waals surface area contributed by atoms with Crippen molar-refractivity contribution in [2.75, 3.05) is 6.26 Å². The normalized spacial score (nSPS) is 10.4. The zero-order valence-electron chi connectivity index (χ0n) is 11.3. The maximum atomic E-state index is 11.3. The molecule has 0 amide bonds. The first-order valence-corrected chi connectivity index (χ1v) is 7.64. The minimum absolute atomic E-state index is 0. The molecule has 2 aromatic rings. The van der Waals surface area contributed by atoms with Gasteiger partial charge in [-0.25, -0.2) is 8.42 Å². The minimum Gasteiger partial charge on any atom is -0.574 e. The zero-order chi connectivity index (χ0) is 15.5. The van der Waals surface area contributed by atoms with Gasteiger partial charge in [0, 0.05) is 12.3 Å². The number of nitro benzene ring substituents is 1. The molecule has 0 spiro atoms. The smallest absolute Gasteiger partial charge is 0.574 e. The summed E-state index contributed by atoms with van der Waals surface area (Å²) in [6.45, 7) is 0. The van der Waals surface area contributed by atoms with Crippen molar-refractivity contribution in [1.29, 1.82) is 0 Å². The molecule has 0 heterocycles. The van der Waals surface area contributed by atoms with Crippen molar-refractivity contribution in [3.05, 3.63) is 63.4 Å². The van der Waals surface area contributed by atoms with Gasteiger partial charge in [-0.2, -0.15) is 0 Å². The van der Waals surface area contributed by atoms with E-state index in [1.807, 2.05) is 0 Å². The van der Waals surface area contributed by atoms with Gasteiger partial charge in [-0.3, -0.25) is 10.1 Å². The Hall–Kier alpha value is -1.87. The average molecular weight is 415 g/mol. The molecule has 0 unspecified atom stereocenters. The van der Waals surface area contributed by atoms with Gasteiger partial charge in [-0.15, -0.1) is 0 Å². The van der Waals surface area contributed by atoms with E-state index in [4.69, 9.17) is 4.74 Å². The van der Waals surface area contributed by atoms with Crippen LogP contribution in [0.15, 0.2) is 48.5 Å². The molecular weight excluding hydrogens is 404 g/mol. The Morgan fingerprint density at radius 1 is 1.14 bits per heavy atom. The second kappa shape index (κ2) is 7.41. The van der Waals surface area contributed by atoms with Crippen LogP contribution in [0.2, 0.25) is 0 Å². The van der Waals surface area contributed by atoms with Gasteiger partial charge in [0.05, 0.1) is 21.0 Å². The predicted molar refractivity (Wildman–Crippen MR) is 77.5 cm³/mol. The third-order valence-electron chi connectivity index (χ3n) is 2.39. The van der Waals surface area contributed by atoms with Crippen molar-refractivity contribution in [3.8, 4) is 11.5 Å². The third kappa shape index (κ3) is 5.15. The summed E-state index contributed by atoms with van der Waals surface area (Å²) < 4.78 is 31.5. The van der Waals surface area contributed by atoms with Crippen molar-refractivity contribution in [3.63, 3.8) is 0 Å². The molecule has 0 N–H and O–H groups in total. The second-order valence-electron chi connectivity index (χ2n) is 4.15. The van der Waals surface area contributed by atoms with E-state index < -0.39 is 14.9 Å². The first-order chi connectivity index (χ1) is 9.85. The monoisotopic (exact) mass is 414 g/mol. The van der Waals surface area contributed by atoms with Gasteiger partial charge in [-0.05, 0) is 12.1 Å². The number of para-hydroxylation sites is 1. The molecule has 2 aromatic carbocycles. The second-order valence-corrected chi connectivity index (χ2v) is 5.80. The first kappa shape index (κ1) is 18.2. The largest absolute Gasteiger partial charge is 1.00 e. The van der Waals surface area contributed by atoms with Crippen LogP contribution in [0.3, 0.4) is 0 Å². The van der Waals surface area contributed by atoms with Crippen LogP contribution in [0.25, 0.3) is 4.72 Å². The summed E-state index contributed by atoms with van der Waals surface area (Å²) in [5.41, 5.74) is -0.208. The van der Waals surface area contributed by atoms with Crippen LogP contribution in [-0.2, 0) is 32.4 Å². The number of ether oxygens (including phenoxy) is 1. The maximum Gasteiger partial charge on any atom is 1.00 e. The van der Waals surface area contributed by atoms with Crippen molar-refractivity contribution in [2.45, 2.75) is 0 Å². The van der Waals surface area contributed by atoms with E-state index in [2.05, 4.69) is 4.72 Å². The Bertz CT molecular complexity index is 765. The van der Waals surface area contributed by atoms with Gasteiger partial charge < -0.3 is 9.46 Å². The number of sulfonamides is 1. The van der Waals surface area contributed by atoms with Crippen molar-refractivity contribution < 1.29 is 40.5 Å². The molecule has 0 fully saturated rings. The molecule has 120 valence electrons. The number of hydrogen-bond donors (Lipinski definition) is 0. The van der Waals surface area contributed by atoms with Crippen LogP contribution in [-0.4, -0.2) is 19.6 Å². The summed E-state index contributed by atoms with van der Waals surface area (Å²) in [4.78, 5) is 10.2. The Labute approximate surface area is 143 Å². The molecule has 9 heteroatoms. The summed E-state index contributed by atoms with van der Waals surface area (Å²) in [6, 6.07) is 12.0. The summed E-state index contributed by atoms with van der Waals surface area (Å²) in [6.07, 6.45) is 0.931. The number of nitro groups is 1. The molecule has 0 aliphatic rings. The summed E-state index contributed by atoms with van der Waals surface area (Å²) in [7, 11) is -3.65. The summed E-state index contributed by atoms with van der Waals surface area (Å²) in [5, 5.41) is 10.8. The van der Waals surface area contributed by atoms with E-state index in [0.717, 1.165) is 12.3 Å².